The van der Waals surface area contributed by atoms with Gasteiger partial charge in [-0.2, -0.15) is 0 Å². The number of alkyl halides is 1. The third-order valence-corrected chi connectivity index (χ3v) is 2.68. The van der Waals surface area contributed by atoms with Crippen molar-refractivity contribution in [2.75, 3.05) is 59.5 Å². The highest BCUT2D eigenvalue weighted by Gasteiger charge is 2.31. The molecular weight excluding hydrogens is 308 g/mol. The fourth-order valence-electron chi connectivity index (χ4n) is 1.49. The molecule has 0 aromatic carbocycles. The molecule has 0 aliphatic rings. The molecule has 0 aromatic rings. The molecule has 8 nitrogen and oxygen atoms in total. The van der Waals surface area contributed by atoms with Gasteiger partial charge in [-0.15, -0.1) is 0 Å². The van der Waals surface area contributed by atoms with Gasteiger partial charge in [0.15, 0.2) is 5.56 Å². The molecule has 9 heteroatoms. The van der Waals surface area contributed by atoms with Gasteiger partial charge < -0.3 is 39.4 Å². The van der Waals surface area contributed by atoms with E-state index in [1.807, 2.05) is 0 Å². The van der Waals surface area contributed by atoms with Crippen molar-refractivity contribution in [1.82, 2.24) is 0 Å². The average molecular weight is 337 g/mol. The minimum Gasteiger partial charge on any atom is -0.394 e. The summed E-state index contributed by atoms with van der Waals surface area (Å²) in [6.45, 7) is 0.644. The zero-order valence-corrected chi connectivity index (χ0v) is 12.5. The summed E-state index contributed by atoms with van der Waals surface area (Å²) >= 11 is 6.20. The maximum absolute atomic E-state index is 6.68. The third-order valence-electron chi connectivity index (χ3n) is 2.30. The van der Waals surface area contributed by atoms with Crippen LogP contribution in [0.5, 0.6) is 0 Å². The molecule has 0 fully saturated rings. The minimum absolute atomic E-state index is 0.0199. The topological polar surface area (TPSA) is 118 Å². The Kier molecular flexibility index (Phi) is 10.3. The van der Waals surface area contributed by atoms with Crippen molar-refractivity contribution in [1.29, 1.82) is 5.72 Å². The van der Waals surface area contributed by atoms with Gasteiger partial charge in [-0.25, -0.2) is 0 Å². The Labute approximate surface area is 135 Å². The molecule has 128 valence electrons. The molecule has 0 aliphatic carbocycles. The lowest BCUT2D eigenvalue weighted by atomic mass is 10.2. The molecule has 0 rings (SSSR count). The van der Waals surface area contributed by atoms with E-state index >= 15 is 0 Å². The molecule has 0 saturated carbocycles. The standard InChI is InChI=1S/C12H25ClO8/c13-12(21-8-4-17)11(20-7-3-16)10(19-6-2-15)9-18-5-1-14/h10-12,14-17H,1-9H2/i14D,15D,16D,17D. The van der Waals surface area contributed by atoms with Gasteiger partial charge in [0.25, 0.3) is 0 Å². The summed E-state index contributed by atoms with van der Waals surface area (Å²) in [7, 11) is 0. The van der Waals surface area contributed by atoms with E-state index in [2.05, 4.69) is 20.4 Å². The molecule has 0 spiro atoms. The van der Waals surface area contributed by atoms with Gasteiger partial charge in [-0.3, -0.25) is 0 Å². The summed E-state index contributed by atoms with van der Waals surface area (Å²) < 4.78 is 48.4. The van der Waals surface area contributed by atoms with Crippen molar-refractivity contribution in [2.45, 2.75) is 17.8 Å². The van der Waals surface area contributed by atoms with Crippen LogP contribution < -0.4 is 0 Å². The van der Waals surface area contributed by atoms with Crippen molar-refractivity contribution < 1.29 is 39.4 Å². The Bertz CT molecular complexity index is 285. The van der Waals surface area contributed by atoms with Crippen molar-refractivity contribution in [3.8, 4) is 0 Å². The average Bonchev–Trinajstić information content (AvgIpc) is 2.61. The first kappa shape index (κ1) is 14.6. The number of hydrogen-bond acceptors (Lipinski definition) is 8. The van der Waals surface area contributed by atoms with Crippen LogP contribution >= 0.6 is 11.6 Å². The number of aliphatic hydroxyl groups excluding tert-OH is 4. The van der Waals surface area contributed by atoms with E-state index in [0.717, 1.165) is 0 Å². The van der Waals surface area contributed by atoms with Crippen LogP contribution in [0.25, 0.3) is 0 Å². The van der Waals surface area contributed by atoms with E-state index < -0.39 is 17.8 Å². The molecule has 4 N–H and O–H groups in total. The molecule has 0 amide bonds. The summed E-state index contributed by atoms with van der Waals surface area (Å²) in [5.74, 6) is 0. The molecule has 0 aliphatic heterocycles. The van der Waals surface area contributed by atoms with Crippen LogP contribution in [0.1, 0.15) is 0 Å². The monoisotopic (exact) mass is 336 g/mol. The van der Waals surface area contributed by atoms with Crippen LogP contribution in [0, 0.1) is 0 Å². The fourth-order valence-corrected chi connectivity index (χ4v) is 1.81. The number of ether oxygens (including phenoxy) is 4. The Balaban J connectivity index is 4.71. The second-order valence-electron chi connectivity index (χ2n) is 3.86. The number of hydrogen-bond donors (Lipinski definition) is 4. The SMILES string of the molecule is [2H]OCCOCC(OCCO[2H])C(OCCO[2H])C(Cl)OCCO[2H]. The van der Waals surface area contributed by atoms with Crippen LogP contribution in [0.4, 0.5) is 0 Å². The molecule has 21 heavy (non-hydrogen) atoms. The summed E-state index contributed by atoms with van der Waals surface area (Å²) in [6.07, 6.45) is -1.46. The highest BCUT2D eigenvalue weighted by atomic mass is 35.5. The first-order valence-electron chi connectivity index (χ1n) is 8.23. The van der Waals surface area contributed by atoms with Gasteiger partial charge in [-0.1, -0.05) is 11.6 Å². The highest BCUT2D eigenvalue weighted by Crippen LogP contribution is 2.16. The van der Waals surface area contributed by atoms with Crippen LogP contribution in [-0.4, -0.2) is 103 Å². The van der Waals surface area contributed by atoms with Crippen LogP contribution in [0.15, 0.2) is 0 Å². The lowest BCUT2D eigenvalue weighted by Gasteiger charge is -2.30. The molecule has 3 atom stereocenters. The largest absolute Gasteiger partial charge is 0.394 e. The maximum Gasteiger partial charge on any atom is 0.210 e. The molecule has 0 aromatic heterocycles. The highest BCUT2D eigenvalue weighted by molar-refractivity contribution is 6.20. The van der Waals surface area contributed by atoms with Crippen molar-refractivity contribution in [2.24, 2.45) is 0 Å². The Morgan fingerprint density at radius 3 is 2.05 bits per heavy atom. The smallest absolute Gasteiger partial charge is 0.210 e. The van der Waals surface area contributed by atoms with E-state index in [-0.39, 0.29) is 59.5 Å². The van der Waals surface area contributed by atoms with Crippen LogP contribution in [-0.2, 0) is 18.9 Å². The summed E-state index contributed by atoms with van der Waals surface area (Å²) in [4.78, 5) is 0. The molecule has 3 unspecified atom stereocenters. The minimum atomic E-state index is -0.946. The van der Waals surface area contributed by atoms with Crippen molar-refractivity contribution in [3.05, 3.63) is 0 Å². The Hall–Kier alpha value is -0.0300. The second kappa shape index (κ2) is 14.9. The first-order chi connectivity index (χ1) is 12.2. The lowest BCUT2D eigenvalue weighted by molar-refractivity contribution is -0.145. The van der Waals surface area contributed by atoms with Crippen molar-refractivity contribution in [3.63, 3.8) is 0 Å². The van der Waals surface area contributed by atoms with E-state index in [0.29, 0.717) is 0 Å². The number of aliphatic hydroxyl groups is 4. The van der Waals surface area contributed by atoms with E-state index in [9.17, 15) is 0 Å². The van der Waals surface area contributed by atoms with Gasteiger partial charge in [-0.05, 0) is 0 Å². The number of halogens is 1. The Morgan fingerprint density at radius 2 is 1.38 bits per heavy atom. The Morgan fingerprint density at radius 1 is 0.810 bits per heavy atom. The quantitative estimate of drug-likeness (QED) is 0.163. The van der Waals surface area contributed by atoms with Crippen LogP contribution in [0.2, 0.25) is 0 Å². The molecule has 0 radical (unpaired) electrons. The van der Waals surface area contributed by atoms with Gasteiger partial charge in [0.2, 0.25) is 5.72 Å². The summed E-state index contributed by atoms with van der Waals surface area (Å²) in [5, 5.41) is 16.7. The summed E-state index contributed by atoms with van der Waals surface area (Å²) in [5.41, 5.74) is -0.946. The zero-order valence-electron chi connectivity index (χ0n) is 15.7. The molecule has 0 bridgehead atoms. The van der Waals surface area contributed by atoms with E-state index in [4.69, 9.17) is 36.3 Å². The normalized spacial score (nSPS) is 18.3. The molecule has 0 saturated heterocycles. The molecular formula is C12H25ClO8. The molecule has 0 heterocycles. The fraction of sp³-hybridized carbons (Fsp3) is 1.00. The van der Waals surface area contributed by atoms with Gasteiger partial charge in [0.1, 0.15) is 12.2 Å². The third kappa shape index (κ3) is 10.3. The predicted molar refractivity (Wildman–Crippen MR) is 74.2 cm³/mol. The van der Waals surface area contributed by atoms with Crippen LogP contribution in [0.3, 0.4) is 0 Å². The summed E-state index contributed by atoms with van der Waals surface area (Å²) in [6, 6.07) is 0. The van der Waals surface area contributed by atoms with E-state index in [1.54, 1.807) is 0 Å². The van der Waals surface area contributed by atoms with Crippen molar-refractivity contribution >= 4 is 11.6 Å². The number of rotatable bonds is 19. The predicted octanol–water partition coefficient (Wildman–Crippen LogP) is -1.68. The van der Waals surface area contributed by atoms with Gasteiger partial charge in [0.05, 0.1) is 59.5 Å². The zero-order chi connectivity index (χ0) is 18.8. The second-order valence-corrected chi connectivity index (χ2v) is 4.29. The van der Waals surface area contributed by atoms with Gasteiger partial charge in [0, 0.05) is 0 Å². The first-order valence-corrected chi connectivity index (χ1v) is 7.03. The van der Waals surface area contributed by atoms with E-state index in [1.165, 1.54) is 0 Å². The lowest BCUT2D eigenvalue weighted by Crippen LogP contribution is -2.44. The maximum atomic E-state index is 6.68. The van der Waals surface area contributed by atoms with Gasteiger partial charge >= 0.3 is 0 Å².